The highest BCUT2D eigenvalue weighted by Crippen LogP contribution is 2.28. The molecule has 0 spiro atoms. The number of anilines is 1. The molecule has 108 valence electrons. The smallest absolute Gasteiger partial charge is 0.147 e. The largest absolute Gasteiger partial charge is 0.491 e. The van der Waals surface area contributed by atoms with Gasteiger partial charge in [-0.2, -0.15) is 0 Å². The number of hydrogen-bond donors (Lipinski definition) is 2. The van der Waals surface area contributed by atoms with Gasteiger partial charge in [0.1, 0.15) is 24.0 Å². The molecule has 3 rings (SSSR count). The van der Waals surface area contributed by atoms with Crippen LogP contribution >= 0.6 is 0 Å². The molecule has 1 aliphatic heterocycles. The van der Waals surface area contributed by atoms with Gasteiger partial charge >= 0.3 is 0 Å². The zero-order chi connectivity index (χ0) is 14.8. The van der Waals surface area contributed by atoms with Crippen LogP contribution in [0.4, 0.5) is 10.1 Å². The Kier molecular flexibility index (Phi) is 3.48. The number of nitrogen functional groups attached to an aromatic ring is 1. The molecule has 0 bridgehead atoms. The third-order valence-corrected chi connectivity index (χ3v) is 3.55. The quantitative estimate of drug-likeness (QED) is 0.658. The zero-order valence-electron chi connectivity index (χ0n) is 11.5. The van der Waals surface area contributed by atoms with Crippen molar-refractivity contribution in [2.24, 2.45) is 5.73 Å². The number of nitrogens with two attached hydrogens (primary N) is 1. The molecule has 0 amide bonds. The fourth-order valence-electron chi connectivity index (χ4n) is 2.46. The lowest BCUT2D eigenvalue weighted by Crippen LogP contribution is -2.26. The number of halogens is 1. The van der Waals surface area contributed by atoms with Crippen LogP contribution in [0, 0.1) is 11.2 Å². The van der Waals surface area contributed by atoms with Crippen molar-refractivity contribution in [1.82, 2.24) is 0 Å². The van der Waals surface area contributed by atoms with Crippen molar-refractivity contribution >= 4 is 11.5 Å². The minimum absolute atomic E-state index is 0.134. The van der Waals surface area contributed by atoms with Gasteiger partial charge in [0.05, 0.1) is 12.2 Å². The Balaban J connectivity index is 1.92. The van der Waals surface area contributed by atoms with Crippen LogP contribution in [0.3, 0.4) is 0 Å². The van der Waals surface area contributed by atoms with Crippen molar-refractivity contribution in [2.75, 3.05) is 18.1 Å². The molecule has 0 saturated carbocycles. The van der Waals surface area contributed by atoms with Gasteiger partial charge < -0.3 is 15.4 Å². The van der Waals surface area contributed by atoms with E-state index in [2.05, 4.69) is 0 Å². The van der Waals surface area contributed by atoms with E-state index in [0.29, 0.717) is 30.9 Å². The lowest BCUT2D eigenvalue weighted by atomic mass is 10.1. The number of hydrogen-bond acceptors (Lipinski definition) is 3. The second-order valence-corrected chi connectivity index (χ2v) is 4.96. The van der Waals surface area contributed by atoms with E-state index in [4.69, 9.17) is 15.9 Å². The lowest BCUT2D eigenvalue weighted by molar-refractivity contribution is 0.331. The summed E-state index contributed by atoms with van der Waals surface area (Å²) >= 11 is 0. The molecular formula is C16H16FN3O. The molecule has 2 aromatic carbocycles. The van der Waals surface area contributed by atoms with Crippen LogP contribution in [-0.2, 0) is 6.54 Å². The maximum absolute atomic E-state index is 14.3. The van der Waals surface area contributed by atoms with Crippen molar-refractivity contribution in [3.8, 4) is 5.75 Å². The number of rotatable bonds is 2. The summed E-state index contributed by atoms with van der Waals surface area (Å²) in [5, 5.41) is 7.36. The Morgan fingerprint density at radius 1 is 1.24 bits per heavy atom. The van der Waals surface area contributed by atoms with Crippen molar-refractivity contribution in [3.05, 3.63) is 59.4 Å². The SMILES string of the molecule is N=C(N)c1ccc(N2CCOc3ccccc3C2)c(F)c1. The van der Waals surface area contributed by atoms with Crippen LogP contribution in [0.2, 0.25) is 0 Å². The molecule has 1 aliphatic rings. The van der Waals surface area contributed by atoms with E-state index < -0.39 is 0 Å². The van der Waals surface area contributed by atoms with Gasteiger partial charge in [0.25, 0.3) is 0 Å². The van der Waals surface area contributed by atoms with Gasteiger partial charge in [0, 0.05) is 17.7 Å². The summed E-state index contributed by atoms with van der Waals surface area (Å²) in [6, 6.07) is 12.4. The summed E-state index contributed by atoms with van der Waals surface area (Å²) in [6.07, 6.45) is 0. The molecule has 3 N–H and O–H groups in total. The van der Waals surface area contributed by atoms with E-state index in [-0.39, 0.29) is 11.7 Å². The number of fused-ring (bicyclic) bond motifs is 1. The standard InChI is InChI=1S/C16H16FN3O/c17-13-9-11(16(18)19)5-6-14(13)20-7-8-21-15-4-2-1-3-12(15)10-20/h1-6,9H,7-8,10H2,(H3,18,19). The van der Waals surface area contributed by atoms with Gasteiger partial charge in [0.2, 0.25) is 0 Å². The number of amidine groups is 1. The summed E-state index contributed by atoms with van der Waals surface area (Å²) in [5.74, 6) is 0.341. The van der Waals surface area contributed by atoms with Gasteiger partial charge in [0.15, 0.2) is 0 Å². The predicted molar refractivity (Wildman–Crippen MR) is 80.4 cm³/mol. The van der Waals surface area contributed by atoms with E-state index >= 15 is 0 Å². The van der Waals surface area contributed by atoms with E-state index in [1.165, 1.54) is 6.07 Å². The average Bonchev–Trinajstić information content (AvgIpc) is 2.69. The molecule has 21 heavy (non-hydrogen) atoms. The van der Waals surface area contributed by atoms with Gasteiger partial charge in [-0.25, -0.2) is 4.39 Å². The first-order chi connectivity index (χ1) is 10.1. The lowest BCUT2D eigenvalue weighted by Gasteiger charge is -2.23. The maximum atomic E-state index is 14.3. The average molecular weight is 285 g/mol. The first-order valence-corrected chi connectivity index (χ1v) is 6.75. The Hall–Kier alpha value is -2.56. The zero-order valence-corrected chi connectivity index (χ0v) is 11.5. The molecule has 2 aromatic rings. The first-order valence-electron chi connectivity index (χ1n) is 6.75. The van der Waals surface area contributed by atoms with E-state index in [9.17, 15) is 4.39 Å². The number of nitrogens with zero attached hydrogens (tertiary/aromatic N) is 1. The van der Waals surface area contributed by atoms with E-state index in [0.717, 1.165) is 11.3 Å². The second-order valence-electron chi connectivity index (χ2n) is 4.96. The van der Waals surface area contributed by atoms with Crippen LogP contribution < -0.4 is 15.4 Å². The fraction of sp³-hybridized carbons (Fsp3) is 0.188. The predicted octanol–water partition coefficient (Wildman–Crippen LogP) is 2.51. The third-order valence-electron chi connectivity index (χ3n) is 3.55. The van der Waals surface area contributed by atoms with Crippen molar-refractivity contribution < 1.29 is 9.13 Å². The molecule has 0 fully saturated rings. The molecule has 0 radical (unpaired) electrons. The van der Waals surface area contributed by atoms with E-state index in [1.807, 2.05) is 29.2 Å². The third kappa shape index (κ3) is 2.67. The summed E-state index contributed by atoms with van der Waals surface area (Å²) in [5.41, 5.74) is 7.31. The minimum Gasteiger partial charge on any atom is -0.491 e. The number of nitrogens with one attached hydrogen (secondary N) is 1. The topological polar surface area (TPSA) is 62.3 Å². The highest BCUT2D eigenvalue weighted by molar-refractivity contribution is 5.95. The first kappa shape index (κ1) is 13.4. The van der Waals surface area contributed by atoms with Crippen molar-refractivity contribution in [2.45, 2.75) is 6.54 Å². The minimum atomic E-state index is -0.373. The summed E-state index contributed by atoms with van der Waals surface area (Å²) in [7, 11) is 0. The Bertz CT molecular complexity index is 687. The van der Waals surface area contributed by atoms with Gasteiger partial charge in [-0.05, 0) is 24.3 Å². The van der Waals surface area contributed by atoms with Crippen molar-refractivity contribution in [1.29, 1.82) is 5.41 Å². The summed E-state index contributed by atoms with van der Waals surface area (Å²) < 4.78 is 20.0. The second kappa shape index (κ2) is 5.44. The maximum Gasteiger partial charge on any atom is 0.147 e. The highest BCUT2D eigenvalue weighted by atomic mass is 19.1. The number of para-hydroxylation sites is 1. The Morgan fingerprint density at radius 2 is 2.05 bits per heavy atom. The molecule has 0 aromatic heterocycles. The fourth-order valence-corrected chi connectivity index (χ4v) is 2.46. The van der Waals surface area contributed by atoms with Gasteiger partial charge in [-0.1, -0.05) is 18.2 Å². The molecule has 0 atom stereocenters. The number of ether oxygens (including phenoxy) is 1. The van der Waals surface area contributed by atoms with Crippen LogP contribution in [0.15, 0.2) is 42.5 Å². The molecule has 4 nitrogen and oxygen atoms in total. The molecule has 0 saturated heterocycles. The van der Waals surface area contributed by atoms with Crippen LogP contribution in [0.1, 0.15) is 11.1 Å². The Labute approximate surface area is 122 Å². The molecule has 0 unspecified atom stereocenters. The van der Waals surface area contributed by atoms with Crippen LogP contribution in [0.5, 0.6) is 5.75 Å². The van der Waals surface area contributed by atoms with Gasteiger partial charge in [-0.15, -0.1) is 0 Å². The van der Waals surface area contributed by atoms with Crippen LogP contribution in [-0.4, -0.2) is 19.0 Å². The van der Waals surface area contributed by atoms with Crippen molar-refractivity contribution in [3.63, 3.8) is 0 Å². The normalized spacial score (nSPS) is 14.0. The summed E-state index contributed by atoms with van der Waals surface area (Å²) in [4.78, 5) is 1.94. The Morgan fingerprint density at radius 3 is 2.81 bits per heavy atom. The van der Waals surface area contributed by atoms with Crippen LogP contribution in [0.25, 0.3) is 0 Å². The summed E-state index contributed by atoms with van der Waals surface area (Å²) in [6.45, 7) is 1.70. The molecule has 1 heterocycles. The molecular weight excluding hydrogens is 269 g/mol. The highest BCUT2D eigenvalue weighted by Gasteiger charge is 2.18. The van der Waals surface area contributed by atoms with Gasteiger partial charge in [-0.3, -0.25) is 5.41 Å². The monoisotopic (exact) mass is 285 g/mol. The molecule has 0 aliphatic carbocycles. The number of benzene rings is 2. The molecule has 5 heteroatoms. The van der Waals surface area contributed by atoms with E-state index in [1.54, 1.807) is 12.1 Å².